The molecule has 0 aromatic heterocycles. The lowest BCUT2D eigenvalue weighted by molar-refractivity contribution is 0.0655. The van der Waals surface area contributed by atoms with Crippen LogP contribution in [0.1, 0.15) is 89.8 Å². The molecule has 2 heterocycles. The Hall–Kier alpha value is -5.12. The molecule has 0 unspecified atom stereocenters. The molecule has 0 aliphatic carbocycles. The lowest BCUT2D eigenvalue weighted by Gasteiger charge is -2.08. The molecular formula is C31H30N2O8. The van der Waals surface area contributed by atoms with Gasteiger partial charge in [-0.3, -0.25) is 33.8 Å². The summed E-state index contributed by atoms with van der Waals surface area (Å²) in [5.41, 5.74) is 1.88. The van der Waals surface area contributed by atoms with Crippen LogP contribution in [0.5, 0.6) is 11.5 Å². The summed E-state index contributed by atoms with van der Waals surface area (Å²) in [4.78, 5) is 72.9. The maximum absolute atomic E-state index is 12.2. The van der Waals surface area contributed by atoms with Crippen LogP contribution < -0.4 is 9.47 Å². The number of esters is 1. The molecule has 212 valence electrons. The van der Waals surface area contributed by atoms with Crippen molar-refractivity contribution in [3.05, 3.63) is 94.0 Å². The van der Waals surface area contributed by atoms with E-state index in [1.165, 1.54) is 43.1 Å². The summed E-state index contributed by atoms with van der Waals surface area (Å²) >= 11 is 0. The van der Waals surface area contributed by atoms with E-state index in [1.807, 2.05) is 13.8 Å². The molecule has 0 atom stereocenters. The fraction of sp³-hybridized carbons (Fsp3) is 0.226. The SMILES string of the molecule is CC.CCN1C(=O)c2ccc(C(C)=O)cc2C1=O.COc1ccc(OC(=O)c2ccc3c(c2)C(=O)N(C)C3=O)cc1. The van der Waals surface area contributed by atoms with Crippen LogP contribution in [0.4, 0.5) is 0 Å². The largest absolute Gasteiger partial charge is 0.497 e. The molecule has 2 aliphatic heterocycles. The second kappa shape index (κ2) is 12.8. The predicted octanol–water partition coefficient (Wildman–Crippen LogP) is 4.67. The monoisotopic (exact) mass is 558 g/mol. The molecule has 0 saturated heterocycles. The van der Waals surface area contributed by atoms with Gasteiger partial charge < -0.3 is 9.47 Å². The zero-order valence-corrected chi connectivity index (χ0v) is 23.6. The second-order valence-electron chi connectivity index (χ2n) is 8.67. The van der Waals surface area contributed by atoms with Crippen LogP contribution in [0, 0.1) is 0 Å². The quantitative estimate of drug-likeness (QED) is 0.191. The molecule has 0 fully saturated rings. The molecule has 0 radical (unpaired) electrons. The molecule has 2 aliphatic rings. The standard InChI is InChI=1S/C17H13NO5.C12H11NO3.C2H6/c1-18-15(19)13-8-3-10(9-14(13)16(18)20)17(21)23-12-6-4-11(22-2)5-7-12;1-3-13-11(15)9-5-4-8(7(2)14)6-10(9)12(13)16;1-2/h3-9H,1-2H3;4-6H,3H2,1-2H3;1-2H3. The highest BCUT2D eigenvalue weighted by molar-refractivity contribution is 6.22. The smallest absolute Gasteiger partial charge is 0.343 e. The summed E-state index contributed by atoms with van der Waals surface area (Å²) in [5, 5.41) is 0. The van der Waals surface area contributed by atoms with E-state index in [0.29, 0.717) is 40.3 Å². The van der Waals surface area contributed by atoms with Gasteiger partial charge in [0, 0.05) is 19.2 Å². The summed E-state index contributed by atoms with van der Waals surface area (Å²) < 4.78 is 10.3. The Labute approximate surface area is 237 Å². The minimum absolute atomic E-state index is 0.113. The van der Waals surface area contributed by atoms with Crippen molar-refractivity contribution in [3.63, 3.8) is 0 Å². The van der Waals surface area contributed by atoms with E-state index in [9.17, 15) is 28.8 Å². The number of carbonyl (C=O) groups is 6. The van der Waals surface area contributed by atoms with Crippen LogP contribution in [0.2, 0.25) is 0 Å². The number of ether oxygens (including phenoxy) is 2. The van der Waals surface area contributed by atoms with Gasteiger partial charge in [0.05, 0.1) is 34.9 Å². The molecule has 3 aromatic carbocycles. The van der Waals surface area contributed by atoms with Crippen LogP contribution >= 0.6 is 0 Å². The average Bonchev–Trinajstić information content (AvgIpc) is 3.37. The lowest BCUT2D eigenvalue weighted by Crippen LogP contribution is -2.29. The zero-order chi connectivity index (χ0) is 30.4. The molecule has 5 rings (SSSR count). The van der Waals surface area contributed by atoms with Crippen molar-refractivity contribution in [2.75, 3.05) is 20.7 Å². The van der Waals surface area contributed by atoms with E-state index in [4.69, 9.17) is 9.47 Å². The van der Waals surface area contributed by atoms with Crippen molar-refractivity contribution in [3.8, 4) is 11.5 Å². The van der Waals surface area contributed by atoms with Crippen molar-refractivity contribution in [1.82, 2.24) is 9.80 Å². The molecule has 4 amide bonds. The van der Waals surface area contributed by atoms with E-state index < -0.39 is 11.9 Å². The number of fused-ring (bicyclic) bond motifs is 2. The summed E-state index contributed by atoms with van der Waals surface area (Å²) in [6, 6.07) is 15.5. The van der Waals surface area contributed by atoms with Gasteiger partial charge in [0.2, 0.25) is 0 Å². The average molecular weight is 559 g/mol. The predicted molar refractivity (Wildman–Crippen MR) is 150 cm³/mol. The van der Waals surface area contributed by atoms with Gasteiger partial charge in [-0.1, -0.05) is 19.9 Å². The number of ketones is 1. The van der Waals surface area contributed by atoms with Crippen molar-refractivity contribution < 1.29 is 38.2 Å². The fourth-order valence-electron chi connectivity index (χ4n) is 4.09. The molecule has 0 saturated carbocycles. The third kappa shape index (κ3) is 6.06. The number of rotatable bonds is 5. The van der Waals surface area contributed by atoms with Gasteiger partial charge in [-0.05, 0) is 68.4 Å². The van der Waals surface area contributed by atoms with Crippen LogP contribution in [0.15, 0.2) is 60.7 Å². The Kier molecular flexibility index (Phi) is 9.51. The summed E-state index contributed by atoms with van der Waals surface area (Å²) in [6.07, 6.45) is 0. The minimum Gasteiger partial charge on any atom is -0.497 e. The van der Waals surface area contributed by atoms with Crippen molar-refractivity contribution in [2.45, 2.75) is 27.7 Å². The van der Waals surface area contributed by atoms with Crippen LogP contribution in [0.25, 0.3) is 0 Å². The van der Waals surface area contributed by atoms with Gasteiger partial charge in [-0.25, -0.2) is 4.79 Å². The number of hydrogen-bond donors (Lipinski definition) is 0. The van der Waals surface area contributed by atoms with Gasteiger partial charge in [0.15, 0.2) is 5.78 Å². The number of carbonyl (C=O) groups excluding carboxylic acids is 6. The van der Waals surface area contributed by atoms with Crippen molar-refractivity contribution in [2.24, 2.45) is 0 Å². The zero-order valence-electron chi connectivity index (χ0n) is 23.6. The summed E-state index contributed by atoms with van der Waals surface area (Å²) in [5.74, 6) is -1.11. The number of hydrogen-bond acceptors (Lipinski definition) is 8. The highest BCUT2D eigenvalue weighted by Crippen LogP contribution is 2.25. The molecule has 10 heteroatoms. The van der Waals surface area contributed by atoms with Gasteiger partial charge in [0.1, 0.15) is 11.5 Å². The molecule has 41 heavy (non-hydrogen) atoms. The first-order valence-electron chi connectivity index (χ1n) is 12.9. The van der Waals surface area contributed by atoms with Gasteiger partial charge in [-0.2, -0.15) is 0 Å². The number of nitrogens with zero attached hydrogens (tertiary/aromatic N) is 2. The van der Waals surface area contributed by atoms with Gasteiger partial charge >= 0.3 is 5.97 Å². The normalized spacial score (nSPS) is 13.0. The maximum Gasteiger partial charge on any atom is 0.343 e. The molecule has 3 aromatic rings. The summed E-state index contributed by atoms with van der Waals surface area (Å²) in [6.45, 7) is 7.52. The van der Waals surface area contributed by atoms with E-state index in [1.54, 1.807) is 50.4 Å². The Balaban J connectivity index is 0.000000225. The Morgan fingerprint density at radius 3 is 1.71 bits per heavy atom. The van der Waals surface area contributed by atoms with Crippen molar-refractivity contribution in [1.29, 1.82) is 0 Å². The summed E-state index contributed by atoms with van der Waals surface area (Å²) in [7, 11) is 2.95. The van der Waals surface area contributed by atoms with Gasteiger partial charge in [0.25, 0.3) is 23.6 Å². The number of benzene rings is 3. The van der Waals surface area contributed by atoms with Crippen molar-refractivity contribution >= 4 is 35.4 Å². The van der Waals surface area contributed by atoms with Crippen LogP contribution in [-0.2, 0) is 0 Å². The van der Waals surface area contributed by atoms with Crippen LogP contribution in [0.3, 0.4) is 0 Å². The number of methoxy groups -OCH3 is 1. The second-order valence-corrected chi connectivity index (χ2v) is 8.67. The molecule has 0 N–H and O–H groups in total. The number of Topliss-reactive ketones (excluding diaryl/α,β-unsaturated/α-hetero) is 1. The molecule has 0 spiro atoms. The van der Waals surface area contributed by atoms with Crippen LogP contribution in [-0.4, -0.2) is 65.9 Å². The molecular weight excluding hydrogens is 528 g/mol. The Morgan fingerprint density at radius 2 is 1.15 bits per heavy atom. The molecule has 0 bridgehead atoms. The highest BCUT2D eigenvalue weighted by Gasteiger charge is 2.35. The third-order valence-corrected chi connectivity index (χ3v) is 6.29. The number of amides is 4. The van der Waals surface area contributed by atoms with Gasteiger partial charge in [-0.15, -0.1) is 0 Å². The third-order valence-electron chi connectivity index (χ3n) is 6.29. The van der Waals surface area contributed by atoms with E-state index in [-0.39, 0.29) is 34.6 Å². The first kappa shape index (κ1) is 30.4. The fourth-order valence-corrected chi connectivity index (χ4v) is 4.09. The highest BCUT2D eigenvalue weighted by atomic mass is 16.5. The lowest BCUT2D eigenvalue weighted by atomic mass is 10.0. The first-order valence-corrected chi connectivity index (χ1v) is 12.9. The Bertz CT molecular complexity index is 1540. The Morgan fingerprint density at radius 1 is 0.683 bits per heavy atom. The minimum atomic E-state index is -0.604. The maximum atomic E-state index is 12.2. The topological polar surface area (TPSA) is 127 Å². The van der Waals surface area contributed by atoms with E-state index in [2.05, 4.69) is 0 Å². The van der Waals surface area contributed by atoms with E-state index in [0.717, 1.165) is 4.90 Å². The number of imide groups is 2. The molecule has 10 nitrogen and oxygen atoms in total. The van der Waals surface area contributed by atoms with E-state index >= 15 is 0 Å². The first-order chi connectivity index (χ1) is 19.6.